The molecule has 0 aliphatic heterocycles. The summed E-state index contributed by atoms with van der Waals surface area (Å²) >= 11 is 5.80. The predicted octanol–water partition coefficient (Wildman–Crippen LogP) is 2.36. The molecule has 1 fully saturated rings. The molecule has 20 heavy (non-hydrogen) atoms. The Bertz CT molecular complexity index is 519. The first-order chi connectivity index (χ1) is 9.48. The maximum absolute atomic E-state index is 12.3. The van der Waals surface area contributed by atoms with Crippen LogP contribution in [-0.4, -0.2) is 22.5 Å². The van der Waals surface area contributed by atoms with Gasteiger partial charge in [0, 0.05) is 0 Å². The van der Waals surface area contributed by atoms with Crippen LogP contribution >= 0.6 is 11.6 Å². The Labute approximate surface area is 122 Å². The van der Waals surface area contributed by atoms with E-state index >= 15 is 0 Å². The van der Waals surface area contributed by atoms with E-state index in [1.807, 2.05) is 0 Å². The lowest BCUT2D eigenvalue weighted by atomic mass is 9.76. The molecule has 0 aromatic carbocycles. The zero-order valence-corrected chi connectivity index (χ0v) is 12.0. The largest absolute Gasteiger partial charge is 0.452 e. The average Bonchev–Trinajstić information content (AvgIpc) is 2.87. The topological polar surface area (TPSA) is 101 Å². The van der Waals surface area contributed by atoms with Gasteiger partial charge in [-0.3, -0.25) is 4.79 Å². The molecule has 1 aromatic rings. The number of amides is 1. The van der Waals surface area contributed by atoms with E-state index in [-0.39, 0.29) is 22.5 Å². The van der Waals surface area contributed by atoms with E-state index in [9.17, 15) is 4.79 Å². The summed E-state index contributed by atoms with van der Waals surface area (Å²) in [5.41, 5.74) is 5.22. The van der Waals surface area contributed by atoms with Crippen molar-refractivity contribution in [2.45, 2.75) is 38.1 Å². The summed E-state index contributed by atoms with van der Waals surface area (Å²) in [5.74, 6) is 0.200. The van der Waals surface area contributed by atoms with E-state index in [1.54, 1.807) is 0 Å². The van der Waals surface area contributed by atoms with Gasteiger partial charge in [0.15, 0.2) is 5.84 Å². The molecule has 6 nitrogen and oxygen atoms in total. The van der Waals surface area contributed by atoms with E-state index in [4.69, 9.17) is 27.0 Å². The molecule has 2 rings (SSSR count). The average molecular weight is 300 g/mol. The van der Waals surface area contributed by atoms with Crippen LogP contribution in [0.1, 0.15) is 43.0 Å². The smallest absolute Gasteiger partial charge is 0.256 e. The molecule has 0 atom stereocenters. The van der Waals surface area contributed by atoms with Crippen molar-refractivity contribution >= 4 is 23.3 Å². The zero-order valence-electron chi connectivity index (χ0n) is 11.2. The minimum Gasteiger partial charge on any atom is -0.452 e. The summed E-state index contributed by atoms with van der Waals surface area (Å²) in [5, 5.41) is 14.9. The number of oxime groups is 1. The quantitative estimate of drug-likeness (QED) is 0.345. The third-order valence-electron chi connectivity index (χ3n) is 3.94. The summed E-state index contributed by atoms with van der Waals surface area (Å²) in [7, 11) is 0. The molecule has 0 saturated heterocycles. The van der Waals surface area contributed by atoms with Crippen molar-refractivity contribution in [1.82, 2.24) is 5.32 Å². The molecule has 110 valence electrons. The highest BCUT2D eigenvalue weighted by atomic mass is 35.5. The number of hydrogen-bond donors (Lipinski definition) is 3. The molecular formula is C13H18ClN3O3. The van der Waals surface area contributed by atoms with E-state index in [0.717, 1.165) is 12.8 Å². The first-order valence-electron chi connectivity index (χ1n) is 6.52. The van der Waals surface area contributed by atoms with Crippen LogP contribution in [0.4, 0.5) is 0 Å². The van der Waals surface area contributed by atoms with Crippen molar-refractivity contribution in [3.05, 3.63) is 23.1 Å². The van der Waals surface area contributed by atoms with Gasteiger partial charge >= 0.3 is 0 Å². The minimum absolute atomic E-state index is 0.0253. The normalized spacial score (nSPS) is 27.3. The molecule has 1 aliphatic rings. The molecule has 4 N–H and O–H groups in total. The highest BCUT2D eigenvalue weighted by Crippen LogP contribution is 2.32. The van der Waals surface area contributed by atoms with Crippen LogP contribution in [-0.2, 0) is 0 Å². The minimum atomic E-state index is -0.820. The van der Waals surface area contributed by atoms with Crippen LogP contribution in [0.3, 0.4) is 0 Å². The fourth-order valence-electron chi connectivity index (χ4n) is 2.54. The summed E-state index contributed by atoms with van der Waals surface area (Å²) < 4.78 is 4.91. The lowest BCUT2D eigenvalue weighted by Crippen LogP contribution is -2.59. The van der Waals surface area contributed by atoms with Crippen molar-refractivity contribution in [1.29, 1.82) is 0 Å². The van der Waals surface area contributed by atoms with Gasteiger partial charge in [-0.25, -0.2) is 0 Å². The number of nitrogens with two attached hydrogens (primary N) is 1. The van der Waals surface area contributed by atoms with Gasteiger partial charge in [-0.1, -0.05) is 12.1 Å². The van der Waals surface area contributed by atoms with Gasteiger partial charge in [-0.15, -0.1) is 0 Å². The van der Waals surface area contributed by atoms with Gasteiger partial charge in [0.05, 0.1) is 11.8 Å². The number of carbonyl (C=O) groups excluding carboxylic acids is 1. The lowest BCUT2D eigenvalue weighted by molar-refractivity contribution is 0.0897. The van der Waals surface area contributed by atoms with E-state index < -0.39 is 5.54 Å². The fourth-order valence-corrected chi connectivity index (χ4v) is 2.74. The van der Waals surface area contributed by atoms with Crippen molar-refractivity contribution in [3.8, 4) is 0 Å². The Morgan fingerprint density at radius 1 is 1.60 bits per heavy atom. The van der Waals surface area contributed by atoms with Crippen LogP contribution in [0.15, 0.2) is 21.9 Å². The second kappa shape index (κ2) is 5.75. The molecule has 1 amide bonds. The van der Waals surface area contributed by atoms with Crippen LogP contribution in [0.5, 0.6) is 0 Å². The highest BCUT2D eigenvalue weighted by Gasteiger charge is 2.40. The number of nitrogens with one attached hydrogen (secondary N) is 1. The summed E-state index contributed by atoms with van der Waals surface area (Å²) in [6.45, 7) is 2.14. The third kappa shape index (κ3) is 2.75. The fraction of sp³-hybridized carbons (Fsp3) is 0.538. The van der Waals surface area contributed by atoms with Crippen molar-refractivity contribution in [3.63, 3.8) is 0 Å². The molecule has 1 saturated carbocycles. The Morgan fingerprint density at radius 3 is 2.75 bits per heavy atom. The van der Waals surface area contributed by atoms with Gasteiger partial charge in [-0.2, -0.15) is 0 Å². The summed E-state index contributed by atoms with van der Waals surface area (Å²) in [4.78, 5) is 12.3. The third-order valence-corrected chi connectivity index (χ3v) is 4.23. The molecule has 7 heteroatoms. The lowest BCUT2D eigenvalue weighted by Gasteiger charge is -2.38. The standard InChI is InChI=1S/C13H18ClN3O3/c1-8-2-5-13(6-3-8,12(15)17-19)16-11(18)9-4-7-20-10(9)14/h4,7-8,19H,2-3,5-6H2,1H3,(H2,15,17)(H,16,18). The molecule has 0 spiro atoms. The summed E-state index contributed by atoms with van der Waals surface area (Å²) in [6, 6.07) is 1.49. The van der Waals surface area contributed by atoms with E-state index in [0.29, 0.717) is 18.8 Å². The van der Waals surface area contributed by atoms with Gasteiger partial charge in [0.25, 0.3) is 5.91 Å². The van der Waals surface area contributed by atoms with Crippen molar-refractivity contribution < 1.29 is 14.4 Å². The van der Waals surface area contributed by atoms with Crippen LogP contribution in [0, 0.1) is 5.92 Å². The number of furan rings is 1. The number of hydrogen-bond acceptors (Lipinski definition) is 4. The molecule has 1 aliphatic carbocycles. The number of carbonyl (C=O) groups is 1. The Kier molecular flexibility index (Phi) is 4.23. The first kappa shape index (κ1) is 14.7. The van der Waals surface area contributed by atoms with E-state index in [2.05, 4.69) is 17.4 Å². The first-order valence-corrected chi connectivity index (χ1v) is 6.90. The molecule has 1 heterocycles. The SMILES string of the molecule is CC1CCC(NC(=O)c2ccoc2Cl)(/C(N)=N/O)CC1. The summed E-state index contributed by atoms with van der Waals surface area (Å²) in [6.07, 6.45) is 4.40. The molecule has 0 unspecified atom stereocenters. The number of amidine groups is 1. The molecular weight excluding hydrogens is 282 g/mol. The predicted molar refractivity (Wildman–Crippen MR) is 75.0 cm³/mol. The second-order valence-electron chi connectivity index (χ2n) is 5.31. The number of halogens is 1. The van der Waals surface area contributed by atoms with Gasteiger partial charge in [-0.05, 0) is 49.3 Å². The van der Waals surface area contributed by atoms with Crippen LogP contribution in [0.2, 0.25) is 5.22 Å². The van der Waals surface area contributed by atoms with E-state index in [1.165, 1.54) is 12.3 Å². The number of nitrogens with zero attached hydrogens (tertiary/aromatic N) is 1. The van der Waals surface area contributed by atoms with Crippen LogP contribution in [0.25, 0.3) is 0 Å². The van der Waals surface area contributed by atoms with Gasteiger partial charge in [0.2, 0.25) is 5.22 Å². The molecule has 1 aromatic heterocycles. The highest BCUT2D eigenvalue weighted by molar-refractivity contribution is 6.32. The zero-order chi connectivity index (χ0) is 14.8. The van der Waals surface area contributed by atoms with Gasteiger partial charge < -0.3 is 20.7 Å². The Hall–Kier alpha value is -1.69. The number of rotatable bonds is 3. The molecule has 0 bridgehead atoms. The Morgan fingerprint density at radius 2 is 2.25 bits per heavy atom. The monoisotopic (exact) mass is 299 g/mol. The van der Waals surface area contributed by atoms with Crippen molar-refractivity contribution in [2.75, 3.05) is 0 Å². The van der Waals surface area contributed by atoms with Crippen LogP contribution < -0.4 is 11.1 Å². The maximum atomic E-state index is 12.3. The molecule has 0 radical (unpaired) electrons. The van der Waals surface area contributed by atoms with Crippen molar-refractivity contribution in [2.24, 2.45) is 16.8 Å². The Balaban J connectivity index is 2.21. The van der Waals surface area contributed by atoms with Gasteiger partial charge in [0.1, 0.15) is 5.54 Å². The maximum Gasteiger partial charge on any atom is 0.256 e. The second-order valence-corrected chi connectivity index (χ2v) is 5.66.